The van der Waals surface area contributed by atoms with Crippen LogP contribution in [-0.2, 0) is 0 Å². The van der Waals surface area contributed by atoms with Crippen molar-refractivity contribution in [1.29, 1.82) is 0 Å². The summed E-state index contributed by atoms with van der Waals surface area (Å²) >= 11 is 0. The molecule has 0 aromatic heterocycles. The predicted molar refractivity (Wildman–Crippen MR) is 181 cm³/mol. The van der Waals surface area contributed by atoms with Crippen LogP contribution in [0.4, 0.5) is 0 Å². The number of benzene rings is 8. The van der Waals surface area contributed by atoms with Crippen LogP contribution in [-0.4, -0.2) is 0 Å². The summed E-state index contributed by atoms with van der Waals surface area (Å²) in [6, 6.07) is 27.2. The first kappa shape index (κ1) is 15.5. The molecule has 0 bridgehead atoms. The molecule has 196 valence electrons. The van der Waals surface area contributed by atoms with E-state index in [1.807, 2.05) is 91.0 Å². The largest absolute Gasteiger partial charge is 0.0636 e. The second kappa shape index (κ2) is 10.2. The van der Waals surface area contributed by atoms with Crippen molar-refractivity contribution in [3.05, 3.63) is 170 Å². The highest BCUT2D eigenvalue weighted by Crippen LogP contribution is 2.49. The monoisotopic (exact) mass is 543 g/mol. The van der Waals surface area contributed by atoms with Crippen LogP contribution in [0.3, 0.4) is 0 Å². The molecule has 0 atom stereocenters. The first-order valence-corrected chi connectivity index (χ1v) is 13.6. The third-order valence-electron chi connectivity index (χ3n) is 7.64. The summed E-state index contributed by atoms with van der Waals surface area (Å²) in [5.41, 5.74) is 4.59. The van der Waals surface area contributed by atoms with Crippen molar-refractivity contribution < 1.29 is 15.1 Å². The second-order valence-corrected chi connectivity index (χ2v) is 10.0. The summed E-state index contributed by atoms with van der Waals surface area (Å²) in [5.74, 6) is 0. The van der Waals surface area contributed by atoms with Crippen molar-refractivity contribution in [2.24, 2.45) is 0 Å². The van der Waals surface area contributed by atoms with E-state index < -0.39 is 60.4 Å². The molecule has 0 aliphatic heterocycles. The van der Waals surface area contributed by atoms with Crippen LogP contribution >= 0.6 is 0 Å². The molecule has 8 aromatic rings. The van der Waals surface area contributed by atoms with Gasteiger partial charge in [0.15, 0.2) is 0 Å². The topological polar surface area (TPSA) is 0 Å². The van der Waals surface area contributed by atoms with Gasteiger partial charge in [0.2, 0.25) is 0 Å². The van der Waals surface area contributed by atoms with Gasteiger partial charge in [-0.3, -0.25) is 0 Å². The van der Waals surface area contributed by atoms with Gasteiger partial charge in [0.05, 0.1) is 15.1 Å². The molecule has 0 aliphatic carbocycles. The van der Waals surface area contributed by atoms with E-state index in [9.17, 15) is 5.48 Å². The minimum atomic E-state index is -0.586. The fraction of sp³-hybridized carbons (Fsp3) is 0. The number of rotatable bonds is 4. The molecule has 0 saturated carbocycles. The van der Waals surface area contributed by atoms with Gasteiger partial charge >= 0.3 is 0 Å². The summed E-state index contributed by atoms with van der Waals surface area (Å²) in [6.45, 7) is 0. The van der Waals surface area contributed by atoms with Crippen LogP contribution in [0.1, 0.15) is 15.1 Å². The zero-order valence-corrected chi connectivity index (χ0v) is 22.3. The van der Waals surface area contributed by atoms with Crippen molar-refractivity contribution in [3.63, 3.8) is 0 Å². The van der Waals surface area contributed by atoms with Gasteiger partial charge in [0.1, 0.15) is 0 Å². The maximum absolute atomic E-state index is 9.47. The van der Waals surface area contributed by atoms with Gasteiger partial charge in [-0.1, -0.05) is 164 Å². The summed E-state index contributed by atoms with van der Waals surface area (Å²) in [7, 11) is 0. The average molecular weight is 544 g/mol. The summed E-state index contributed by atoms with van der Waals surface area (Å²) in [6.07, 6.45) is 0. The zero-order valence-electron chi connectivity index (χ0n) is 33.3. The Labute approximate surface area is 261 Å². The van der Waals surface area contributed by atoms with Gasteiger partial charge in [-0.25, -0.2) is 0 Å². The van der Waals surface area contributed by atoms with E-state index in [1.165, 1.54) is 0 Å². The highest BCUT2D eigenvalue weighted by Gasteiger charge is 2.21. The van der Waals surface area contributed by atoms with Gasteiger partial charge in [-0.15, -0.1) is 0 Å². The highest BCUT2D eigenvalue weighted by molar-refractivity contribution is 6.24. The van der Waals surface area contributed by atoms with E-state index in [0.29, 0.717) is 21.9 Å². The molecule has 0 amide bonds. The van der Waals surface area contributed by atoms with Gasteiger partial charge in [-0.05, 0) is 82.9 Å². The molecule has 0 unspecified atom stereocenters. The lowest BCUT2D eigenvalue weighted by Crippen LogP contribution is -1.95. The van der Waals surface area contributed by atoms with Crippen LogP contribution in [0.2, 0.25) is 0 Å². The summed E-state index contributed by atoms with van der Waals surface area (Å²) in [5, 5.41) is 0.712. The Kier molecular flexibility index (Phi) is 3.76. The lowest BCUT2D eigenvalue weighted by Gasteiger charge is -2.22. The normalized spacial score (nSPS) is 15.0. The van der Waals surface area contributed by atoms with Crippen LogP contribution < -0.4 is 0 Å². The van der Waals surface area contributed by atoms with Gasteiger partial charge < -0.3 is 0 Å². The molecule has 0 fully saturated rings. The Balaban J connectivity index is 1.67. The molecule has 0 spiro atoms. The number of fused-ring (bicyclic) bond motifs is 3. The molecule has 42 heavy (non-hydrogen) atoms. The zero-order chi connectivity index (χ0) is 37.5. The van der Waals surface area contributed by atoms with Crippen molar-refractivity contribution in [3.8, 4) is 44.5 Å². The summed E-state index contributed by atoms with van der Waals surface area (Å²) in [4.78, 5) is 0. The number of hydrogen-bond acceptors (Lipinski definition) is 0. The van der Waals surface area contributed by atoms with E-state index in [4.69, 9.17) is 9.60 Å². The number of hydrogen-bond donors (Lipinski definition) is 0. The van der Waals surface area contributed by atoms with E-state index >= 15 is 0 Å². The smallest absolute Gasteiger partial charge is 0.0622 e. The van der Waals surface area contributed by atoms with E-state index in [1.54, 1.807) is 12.1 Å². The average Bonchev–Trinajstić information content (AvgIpc) is 3.19. The minimum Gasteiger partial charge on any atom is -0.0622 e. The molecule has 0 heteroatoms. The molecule has 8 rings (SSSR count). The third kappa shape index (κ3) is 4.00. The molecule has 0 nitrogen and oxygen atoms in total. The van der Waals surface area contributed by atoms with E-state index in [2.05, 4.69) is 0 Å². The molecule has 0 saturated heterocycles. The van der Waals surface area contributed by atoms with E-state index in [-0.39, 0.29) is 38.7 Å². The molecule has 0 radical (unpaired) electrons. The van der Waals surface area contributed by atoms with Crippen LogP contribution in [0.5, 0.6) is 0 Å². The van der Waals surface area contributed by atoms with Crippen molar-refractivity contribution in [1.82, 2.24) is 0 Å². The lowest BCUT2D eigenvalue weighted by molar-refractivity contribution is 1.58. The third-order valence-corrected chi connectivity index (χ3v) is 7.64. The molecular formula is C42H28. The van der Waals surface area contributed by atoms with Gasteiger partial charge in [0.25, 0.3) is 0 Å². The first-order chi connectivity index (χ1) is 25.5. The maximum Gasteiger partial charge on any atom is 0.0636 e. The van der Waals surface area contributed by atoms with Gasteiger partial charge in [-0.2, -0.15) is 0 Å². The molecule has 0 heterocycles. The Morgan fingerprint density at radius 3 is 1.50 bits per heavy atom. The van der Waals surface area contributed by atoms with E-state index in [0.717, 1.165) is 22.3 Å². The molecule has 0 aliphatic rings. The van der Waals surface area contributed by atoms with Crippen molar-refractivity contribution in [2.45, 2.75) is 0 Å². The summed E-state index contributed by atoms with van der Waals surface area (Å²) < 4.78 is 98.2. The quantitative estimate of drug-likeness (QED) is 0.194. The molecule has 0 N–H and O–H groups in total. The Morgan fingerprint density at radius 1 is 0.333 bits per heavy atom. The van der Waals surface area contributed by atoms with Crippen LogP contribution in [0.25, 0.3) is 76.8 Å². The molecular weight excluding hydrogens is 504 g/mol. The van der Waals surface area contributed by atoms with Crippen molar-refractivity contribution >= 4 is 32.3 Å². The Hall–Kier alpha value is -5.46. The van der Waals surface area contributed by atoms with Crippen LogP contribution in [0.15, 0.2) is 170 Å². The fourth-order valence-corrected chi connectivity index (χ4v) is 5.84. The van der Waals surface area contributed by atoms with Crippen LogP contribution in [0, 0.1) is 0 Å². The Bertz CT molecular complexity index is 2770. The van der Waals surface area contributed by atoms with Crippen molar-refractivity contribution in [2.75, 3.05) is 0 Å². The maximum atomic E-state index is 9.47. The van der Waals surface area contributed by atoms with Gasteiger partial charge in [0, 0.05) is 0 Å². The second-order valence-electron chi connectivity index (χ2n) is 10.0. The predicted octanol–water partition coefficient (Wildman–Crippen LogP) is 11.8. The SMILES string of the molecule is [2H]c1c([2H])c([2H])c2c([2H])c(-c3c4ccccc4c(-c4c(-c5ccccc5)cccc4-c4ccccc4)c4c([2H])c([2H])c([2H])c([2H])c34)c([2H])c([2H])c2c1[2H]. The lowest BCUT2D eigenvalue weighted by atomic mass is 9.81. The first-order valence-electron chi connectivity index (χ1n) is 19.1. The fourth-order valence-electron chi connectivity index (χ4n) is 5.84. The Morgan fingerprint density at radius 2 is 0.857 bits per heavy atom. The highest BCUT2D eigenvalue weighted by atomic mass is 14.2. The minimum absolute atomic E-state index is 0.0353. The standard InChI is InChI=1S/C42H28/c1-3-15-30(16-4-1)34-24-13-25-35(31-17-5-2-6-18-31)41(34)42-38-22-11-9-20-36(38)40(37-21-10-12-23-39(37)42)33-27-26-29-14-7-8-19-32(29)28-33/h1-28H/i7D,8D,9D,11D,14D,19D,20D,22D,26D,27D,28D. The molecule has 8 aromatic carbocycles.